The molecule has 5 nitrogen and oxygen atoms in total. The molecule has 1 fully saturated rings. The van der Waals surface area contributed by atoms with E-state index in [1.54, 1.807) is 0 Å². The zero-order chi connectivity index (χ0) is 12.3. The number of nitrogens with one attached hydrogen (secondary N) is 1. The van der Waals surface area contributed by atoms with Crippen molar-refractivity contribution < 1.29 is 9.18 Å². The molecule has 0 radical (unpaired) electrons. The second kappa shape index (κ2) is 5.07. The molecule has 0 saturated carbocycles. The van der Waals surface area contributed by atoms with Gasteiger partial charge in [-0.05, 0) is 6.42 Å². The Labute approximate surface area is 99.1 Å². The highest BCUT2D eigenvalue weighted by molar-refractivity contribution is 5.79. The number of likely N-dealkylation sites (tertiary alicyclic amines) is 1. The summed E-state index contributed by atoms with van der Waals surface area (Å²) in [6.45, 7) is 3.48. The molecule has 1 atom stereocenters. The summed E-state index contributed by atoms with van der Waals surface area (Å²) >= 11 is 0. The van der Waals surface area contributed by atoms with E-state index in [1.807, 2.05) is 11.8 Å². The lowest BCUT2D eigenvalue weighted by molar-refractivity contribution is -0.127. The molecule has 1 aromatic heterocycles. The van der Waals surface area contributed by atoms with Crippen molar-refractivity contribution >= 4 is 11.9 Å². The molecule has 0 spiro atoms. The molecule has 0 unspecified atom stereocenters. The van der Waals surface area contributed by atoms with Crippen molar-refractivity contribution in [2.24, 2.45) is 0 Å². The summed E-state index contributed by atoms with van der Waals surface area (Å²) in [4.78, 5) is 21.0. The van der Waals surface area contributed by atoms with E-state index < -0.39 is 5.82 Å². The molecular formula is C11H15FN4O. The number of carbonyl (C=O) groups excluding carboxylic acids is 1. The first kappa shape index (κ1) is 11.8. The fraction of sp³-hybridized carbons (Fsp3) is 0.545. The van der Waals surface area contributed by atoms with Gasteiger partial charge >= 0.3 is 0 Å². The summed E-state index contributed by atoms with van der Waals surface area (Å²) < 4.78 is 12.6. The Hall–Kier alpha value is -1.72. The van der Waals surface area contributed by atoms with Crippen molar-refractivity contribution in [3.8, 4) is 0 Å². The third-order valence-corrected chi connectivity index (χ3v) is 2.66. The SMILES string of the molecule is CCCN1C[C@@H](Nc2ncc(F)cn2)CC1=O. The second-order valence-electron chi connectivity index (χ2n) is 4.11. The number of anilines is 1. The standard InChI is InChI=1S/C11H15FN4O/c1-2-3-16-7-9(4-10(16)17)15-11-13-5-8(12)6-14-11/h5-6,9H,2-4,7H2,1H3,(H,13,14,15)/t9-/m0/s1. The Kier molecular flexibility index (Phi) is 3.51. The van der Waals surface area contributed by atoms with Gasteiger partial charge in [-0.2, -0.15) is 0 Å². The van der Waals surface area contributed by atoms with Crippen LogP contribution in [-0.4, -0.2) is 39.9 Å². The van der Waals surface area contributed by atoms with E-state index in [-0.39, 0.29) is 11.9 Å². The number of aromatic nitrogens is 2. The first-order valence-electron chi connectivity index (χ1n) is 5.71. The Balaban J connectivity index is 1.93. The summed E-state index contributed by atoms with van der Waals surface area (Å²) in [7, 11) is 0. The topological polar surface area (TPSA) is 58.1 Å². The fourth-order valence-corrected chi connectivity index (χ4v) is 1.92. The third kappa shape index (κ3) is 2.89. The van der Waals surface area contributed by atoms with Crippen LogP contribution < -0.4 is 5.32 Å². The molecule has 1 aliphatic heterocycles. The predicted octanol–water partition coefficient (Wildman–Crippen LogP) is 1.04. The van der Waals surface area contributed by atoms with Crippen LogP contribution in [0.25, 0.3) is 0 Å². The van der Waals surface area contributed by atoms with Gasteiger partial charge in [0.2, 0.25) is 11.9 Å². The minimum absolute atomic E-state index is 0.0134. The zero-order valence-corrected chi connectivity index (χ0v) is 9.69. The second-order valence-corrected chi connectivity index (χ2v) is 4.11. The number of carbonyl (C=O) groups is 1. The summed E-state index contributed by atoms with van der Waals surface area (Å²) in [5.74, 6) is 0.0414. The largest absolute Gasteiger partial charge is 0.349 e. The van der Waals surface area contributed by atoms with Crippen molar-refractivity contribution in [1.29, 1.82) is 0 Å². The molecule has 1 aromatic rings. The van der Waals surface area contributed by atoms with Crippen molar-refractivity contribution in [1.82, 2.24) is 14.9 Å². The molecular weight excluding hydrogens is 223 g/mol. The number of hydrogen-bond donors (Lipinski definition) is 1. The van der Waals surface area contributed by atoms with Crippen LogP contribution in [-0.2, 0) is 4.79 Å². The van der Waals surface area contributed by atoms with E-state index >= 15 is 0 Å². The van der Waals surface area contributed by atoms with Crippen molar-refractivity contribution in [3.05, 3.63) is 18.2 Å². The Morgan fingerprint density at radius 3 is 2.88 bits per heavy atom. The van der Waals surface area contributed by atoms with Gasteiger partial charge in [0.05, 0.1) is 18.4 Å². The maximum atomic E-state index is 12.6. The average Bonchev–Trinajstić information content (AvgIpc) is 2.63. The number of nitrogens with zero attached hydrogens (tertiary/aromatic N) is 3. The average molecular weight is 238 g/mol. The number of amides is 1. The molecule has 2 rings (SSSR count). The van der Waals surface area contributed by atoms with Crippen LogP contribution >= 0.6 is 0 Å². The van der Waals surface area contributed by atoms with Gasteiger partial charge in [0.15, 0.2) is 5.82 Å². The van der Waals surface area contributed by atoms with E-state index in [0.29, 0.717) is 18.9 Å². The van der Waals surface area contributed by atoms with E-state index in [4.69, 9.17) is 0 Å². The van der Waals surface area contributed by atoms with Crippen molar-refractivity contribution in [3.63, 3.8) is 0 Å². The summed E-state index contributed by atoms with van der Waals surface area (Å²) in [5, 5.41) is 3.04. The fourth-order valence-electron chi connectivity index (χ4n) is 1.92. The molecule has 1 saturated heterocycles. The highest BCUT2D eigenvalue weighted by Crippen LogP contribution is 2.14. The number of hydrogen-bond acceptors (Lipinski definition) is 4. The Morgan fingerprint density at radius 2 is 2.24 bits per heavy atom. The van der Waals surface area contributed by atoms with Crippen LogP contribution in [0.1, 0.15) is 19.8 Å². The molecule has 0 aromatic carbocycles. The van der Waals surface area contributed by atoms with Crippen LogP contribution in [0.4, 0.5) is 10.3 Å². The van der Waals surface area contributed by atoms with Crippen LogP contribution in [0.5, 0.6) is 0 Å². The molecule has 17 heavy (non-hydrogen) atoms. The third-order valence-electron chi connectivity index (χ3n) is 2.66. The predicted molar refractivity (Wildman–Crippen MR) is 60.9 cm³/mol. The van der Waals surface area contributed by atoms with E-state index in [1.165, 1.54) is 0 Å². The minimum Gasteiger partial charge on any atom is -0.349 e. The first-order valence-corrected chi connectivity index (χ1v) is 5.71. The molecule has 2 heterocycles. The smallest absolute Gasteiger partial charge is 0.224 e. The molecule has 0 bridgehead atoms. The van der Waals surface area contributed by atoms with Gasteiger partial charge < -0.3 is 10.2 Å². The lowest BCUT2D eigenvalue weighted by Gasteiger charge is -2.15. The Morgan fingerprint density at radius 1 is 1.53 bits per heavy atom. The zero-order valence-electron chi connectivity index (χ0n) is 9.69. The summed E-state index contributed by atoms with van der Waals surface area (Å²) in [6.07, 6.45) is 3.61. The summed E-state index contributed by atoms with van der Waals surface area (Å²) in [6, 6.07) is 0.0134. The van der Waals surface area contributed by atoms with E-state index in [2.05, 4.69) is 15.3 Å². The first-order chi connectivity index (χ1) is 8.19. The Bertz CT molecular complexity index is 395. The number of halogens is 1. The van der Waals surface area contributed by atoms with Crippen LogP contribution in [0.2, 0.25) is 0 Å². The molecule has 1 aliphatic rings. The highest BCUT2D eigenvalue weighted by Gasteiger charge is 2.29. The number of rotatable bonds is 4. The van der Waals surface area contributed by atoms with Gasteiger partial charge in [0, 0.05) is 19.5 Å². The lowest BCUT2D eigenvalue weighted by atomic mass is 10.3. The highest BCUT2D eigenvalue weighted by atomic mass is 19.1. The lowest BCUT2D eigenvalue weighted by Crippen LogP contribution is -2.28. The van der Waals surface area contributed by atoms with E-state index in [9.17, 15) is 9.18 Å². The van der Waals surface area contributed by atoms with Gasteiger partial charge in [0.25, 0.3) is 0 Å². The van der Waals surface area contributed by atoms with Crippen molar-refractivity contribution in [2.75, 3.05) is 18.4 Å². The molecule has 1 N–H and O–H groups in total. The quantitative estimate of drug-likeness (QED) is 0.851. The van der Waals surface area contributed by atoms with E-state index in [0.717, 1.165) is 25.4 Å². The minimum atomic E-state index is -0.467. The van der Waals surface area contributed by atoms with Gasteiger partial charge in [-0.25, -0.2) is 14.4 Å². The van der Waals surface area contributed by atoms with Gasteiger partial charge in [-0.3, -0.25) is 4.79 Å². The molecule has 92 valence electrons. The van der Waals surface area contributed by atoms with Crippen molar-refractivity contribution in [2.45, 2.75) is 25.8 Å². The summed E-state index contributed by atoms with van der Waals surface area (Å²) in [5.41, 5.74) is 0. The van der Waals surface area contributed by atoms with Crippen LogP contribution in [0.15, 0.2) is 12.4 Å². The van der Waals surface area contributed by atoms with Gasteiger partial charge in [-0.15, -0.1) is 0 Å². The molecule has 6 heteroatoms. The van der Waals surface area contributed by atoms with Crippen LogP contribution in [0.3, 0.4) is 0 Å². The van der Waals surface area contributed by atoms with Gasteiger partial charge in [-0.1, -0.05) is 6.92 Å². The monoisotopic (exact) mass is 238 g/mol. The maximum absolute atomic E-state index is 12.6. The van der Waals surface area contributed by atoms with Crippen LogP contribution in [0, 0.1) is 5.82 Å². The van der Waals surface area contributed by atoms with Gasteiger partial charge in [0.1, 0.15) is 0 Å². The molecule has 0 aliphatic carbocycles. The molecule has 1 amide bonds. The maximum Gasteiger partial charge on any atom is 0.224 e. The normalized spacial score (nSPS) is 19.8.